The number of aliphatic hydroxyl groups is 1. The van der Waals surface area contributed by atoms with Crippen LogP contribution < -0.4 is 0 Å². The summed E-state index contributed by atoms with van der Waals surface area (Å²) in [4.78, 5) is 15.3. The molecule has 0 fully saturated rings. The average molecular weight is 305 g/mol. The third kappa shape index (κ3) is 3.20. The number of ether oxygens (including phenoxy) is 1. The molecule has 2 N–H and O–H groups in total. The first-order valence-corrected chi connectivity index (χ1v) is 7.14. The van der Waals surface area contributed by atoms with Crippen molar-refractivity contribution in [2.75, 3.05) is 0 Å². The van der Waals surface area contributed by atoms with Crippen molar-refractivity contribution in [2.45, 2.75) is 39.9 Å². The summed E-state index contributed by atoms with van der Waals surface area (Å²) >= 11 is 0. The molecule has 0 saturated carbocycles. The van der Waals surface area contributed by atoms with E-state index in [0.29, 0.717) is 22.4 Å². The zero-order valence-electron chi connectivity index (χ0n) is 13.1. The van der Waals surface area contributed by atoms with Crippen LogP contribution >= 0.6 is 0 Å². The fourth-order valence-corrected chi connectivity index (χ4v) is 2.62. The quantitative estimate of drug-likeness (QED) is 0.846. The molecule has 2 aromatic rings. The third-order valence-corrected chi connectivity index (χ3v) is 3.74. The van der Waals surface area contributed by atoms with Crippen LogP contribution in [0.2, 0.25) is 0 Å². The minimum absolute atomic E-state index is 0.334. The minimum Gasteiger partial charge on any atom is -0.453 e. The van der Waals surface area contributed by atoms with E-state index in [4.69, 9.17) is 4.74 Å². The number of carbonyl (C=O) groups is 1. The van der Waals surface area contributed by atoms with Crippen molar-refractivity contribution in [3.05, 3.63) is 58.2 Å². The summed E-state index contributed by atoms with van der Waals surface area (Å²) in [5, 5.41) is 9.76. The van der Waals surface area contributed by atoms with Gasteiger partial charge in [0.05, 0.1) is 6.10 Å². The number of benzene rings is 1. The summed E-state index contributed by atoms with van der Waals surface area (Å²) in [5.74, 6) is -0.830. The first-order valence-electron chi connectivity index (χ1n) is 7.14. The van der Waals surface area contributed by atoms with Crippen LogP contribution in [0.1, 0.15) is 58.9 Å². The number of hydrogen-bond donors (Lipinski definition) is 2. The van der Waals surface area contributed by atoms with Crippen LogP contribution in [-0.4, -0.2) is 16.1 Å². The lowest BCUT2D eigenvalue weighted by Gasteiger charge is -2.13. The van der Waals surface area contributed by atoms with Crippen LogP contribution in [0.3, 0.4) is 0 Å². The summed E-state index contributed by atoms with van der Waals surface area (Å²) in [7, 11) is 0. The van der Waals surface area contributed by atoms with Crippen LogP contribution in [0, 0.1) is 19.7 Å². The van der Waals surface area contributed by atoms with Crippen molar-refractivity contribution >= 4 is 5.97 Å². The molecule has 1 aromatic carbocycles. The van der Waals surface area contributed by atoms with Gasteiger partial charge in [0.1, 0.15) is 17.6 Å². The molecule has 0 unspecified atom stereocenters. The molecule has 0 aliphatic rings. The number of carbonyl (C=O) groups excluding carboxylic acids is 1. The van der Waals surface area contributed by atoms with E-state index in [1.54, 1.807) is 39.8 Å². The lowest BCUT2D eigenvalue weighted by Crippen LogP contribution is -2.11. The van der Waals surface area contributed by atoms with Gasteiger partial charge in [-0.15, -0.1) is 0 Å². The number of halogens is 1. The molecule has 0 radical (unpaired) electrons. The number of aliphatic hydroxyl groups excluding tert-OH is 1. The number of hydrogen-bond acceptors (Lipinski definition) is 3. The van der Waals surface area contributed by atoms with E-state index in [9.17, 15) is 14.3 Å². The molecule has 22 heavy (non-hydrogen) atoms. The highest BCUT2D eigenvalue weighted by Crippen LogP contribution is 2.26. The normalized spacial score (nSPS) is 13.7. The van der Waals surface area contributed by atoms with Gasteiger partial charge in [-0.05, 0) is 51.0 Å². The van der Waals surface area contributed by atoms with Crippen molar-refractivity contribution in [1.82, 2.24) is 4.98 Å². The predicted molar refractivity (Wildman–Crippen MR) is 81.1 cm³/mol. The molecule has 0 aliphatic carbocycles. The highest BCUT2D eigenvalue weighted by molar-refractivity contribution is 5.90. The van der Waals surface area contributed by atoms with E-state index < -0.39 is 18.2 Å². The molecule has 1 heterocycles. The van der Waals surface area contributed by atoms with Crippen molar-refractivity contribution in [3.8, 4) is 0 Å². The molecule has 0 aliphatic heterocycles. The summed E-state index contributed by atoms with van der Waals surface area (Å²) in [6.45, 7) is 6.95. The Morgan fingerprint density at radius 3 is 2.32 bits per heavy atom. The topological polar surface area (TPSA) is 62.3 Å². The largest absolute Gasteiger partial charge is 0.453 e. The smallest absolute Gasteiger partial charge is 0.355 e. The number of aromatic amines is 1. The Labute approximate surface area is 128 Å². The van der Waals surface area contributed by atoms with Gasteiger partial charge in [0, 0.05) is 11.3 Å². The molecule has 2 rings (SSSR count). The number of H-pyrrole nitrogens is 1. The van der Waals surface area contributed by atoms with Crippen LogP contribution in [0.25, 0.3) is 0 Å². The van der Waals surface area contributed by atoms with Crippen LogP contribution in [0.5, 0.6) is 0 Å². The maximum Gasteiger partial charge on any atom is 0.355 e. The van der Waals surface area contributed by atoms with Gasteiger partial charge < -0.3 is 14.8 Å². The average Bonchev–Trinajstić information content (AvgIpc) is 2.74. The fourth-order valence-electron chi connectivity index (χ4n) is 2.62. The fraction of sp³-hybridized carbons (Fsp3) is 0.353. The lowest BCUT2D eigenvalue weighted by molar-refractivity contribution is 0.0330. The highest BCUT2D eigenvalue weighted by Gasteiger charge is 2.22. The van der Waals surface area contributed by atoms with Gasteiger partial charge in [-0.1, -0.05) is 12.1 Å². The number of aromatic nitrogens is 1. The van der Waals surface area contributed by atoms with Crippen LogP contribution in [0.4, 0.5) is 4.39 Å². The van der Waals surface area contributed by atoms with Crippen molar-refractivity contribution in [3.63, 3.8) is 0 Å². The van der Waals surface area contributed by atoms with Crippen molar-refractivity contribution < 1.29 is 19.0 Å². The third-order valence-electron chi connectivity index (χ3n) is 3.74. The second kappa shape index (κ2) is 6.32. The standard InChI is InChI=1S/C17H20FNO3/c1-9-15(11(3)20)10(2)19-16(9)17(21)22-12(4)13-5-7-14(18)8-6-13/h5-8,11-12,19-20H,1-4H3/t11-,12+/m0/s1. The Balaban J connectivity index is 2.19. The SMILES string of the molecule is Cc1[nH]c(C(=O)O[C@H](C)c2ccc(F)cc2)c(C)c1[C@H](C)O. The Hall–Kier alpha value is -2.14. The molecule has 2 atom stereocenters. The number of nitrogens with one attached hydrogen (secondary N) is 1. The second-order valence-corrected chi connectivity index (χ2v) is 5.44. The van der Waals surface area contributed by atoms with Gasteiger partial charge in [0.2, 0.25) is 0 Å². The summed E-state index contributed by atoms with van der Waals surface area (Å²) in [6.07, 6.45) is -1.15. The van der Waals surface area contributed by atoms with Gasteiger partial charge in [-0.3, -0.25) is 0 Å². The zero-order valence-corrected chi connectivity index (χ0v) is 13.1. The van der Waals surface area contributed by atoms with Crippen molar-refractivity contribution in [2.24, 2.45) is 0 Å². The van der Waals surface area contributed by atoms with E-state index in [-0.39, 0.29) is 5.82 Å². The van der Waals surface area contributed by atoms with E-state index >= 15 is 0 Å². The predicted octanol–water partition coefficient (Wildman–Crippen LogP) is 3.74. The number of rotatable bonds is 4. The van der Waals surface area contributed by atoms with Gasteiger partial charge in [0.25, 0.3) is 0 Å². The maximum atomic E-state index is 12.9. The maximum absolute atomic E-state index is 12.9. The number of aryl methyl sites for hydroxylation is 1. The first-order chi connectivity index (χ1) is 10.3. The molecule has 5 heteroatoms. The number of esters is 1. The zero-order chi connectivity index (χ0) is 16.4. The van der Waals surface area contributed by atoms with Gasteiger partial charge in [-0.25, -0.2) is 9.18 Å². The van der Waals surface area contributed by atoms with E-state index in [2.05, 4.69) is 4.98 Å². The molecule has 118 valence electrons. The molecule has 0 bridgehead atoms. The minimum atomic E-state index is -0.660. The Bertz CT molecular complexity index is 674. The first kappa shape index (κ1) is 16.2. The van der Waals surface area contributed by atoms with E-state index in [0.717, 1.165) is 5.69 Å². The monoisotopic (exact) mass is 305 g/mol. The summed E-state index contributed by atoms with van der Waals surface area (Å²) in [6, 6.07) is 5.83. The van der Waals surface area contributed by atoms with Gasteiger partial charge in [0.15, 0.2) is 0 Å². The molecule has 0 saturated heterocycles. The molecule has 0 amide bonds. The van der Waals surface area contributed by atoms with E-state index in [1.165, 1.54) is 12.1 Å². The molecular weight excluding hydrogens is 285 g/mol. The molecular formula is C17H20FNO3. The Morgan fingerprint density at radius 2 is 1.82 bits per heavy atom. The summed E-state index contributed by atoms with van der Waals surface area (Å²) in [5.41, 5.74) is 3.19. The molecule has 4 nitrogen and oxygen atoms in total. The van der Waals surface area contributed by atoms with Crippen LogP contribution in [-0.2, 0) is 4.74 Å². The van der Waals surface area contributed by atoms with Gasteiger partial charge in [-0.2, -0.15) is 0 Å². The second-order valence-electron chi connectivity index (χ2n) is 5.44. The Morgan fingerprint density at radius 1 is 1.23 bits per heavy atom. The van der Waals surface area contributed by atoms with Crippen molar-refractivity contribution in [1.29, 1.82) is 0 Å². The highest BCUT2D eigenvalue weighted by atomic mass is 19.1. The lowest BCUT2D eigenvalue weighted by atomic mass is 10.1. The van der Waals surface area contributed by atoms with Crippen LogP contribution in [0.15, 0.2) is 24.3 Å². The molecule has 1 aromatic heterocycles. The molecule has 0 spiro atoms. The summed E-state index contributed by atoms with van der Waals surface area (Å²) < 4.78 is 18.3. The van der Waals surface area contributed by atoms with E-state index in [1.807, 2.05) is 0 Å². The Kier molecular flexibility index (Phi) is 4.66. The van der Waals surface area contributed by atoms with Gasteiger partial charge >= 0.3 is 5.97 Å².